The summed E-state index contributed by atoms with van der Waals surface area (Å²) in [5.41, 5.74) is 0.777. The van der Waals surface area contributed by atoms with Gasteiger partial charge in [-0.2, -0.15) is 4.98 Å². The lowest BCUT2D eigenvalue weighted by Crippen LogP contribution is -2.04. The second kappa shape index (κ2) is 9.30. The summed E-state index contributed by atoms with van der Waals surface area (Å²) < 4.78 is 32.0. The first-order valence-electron chi connectivity index (χ1n) is 9.30. The number of hydrogen-bond acceptors (Lipinski definition) is 5. The molecule has 0 amide bonds. The molecule has 0 radical (unpaired) electrons. The number of Topliss-reactive ketones (excluding diaryl/α,β-unsaturated/α-hetero) is 1. The van der Waals surface area contributed by atoms with Crippen LogP contribution in [0.1, 0.15) is 61.2 Å². The summed E-state index contributed by atoms with van der Waals surface area (Å²) >= 11 is 0. The van der Waals surface area contributed by atoms with Gasteiger partial charge in [0, 0.05) is 24.1 Å². The van der Waals surface area contributed by atoms with E-state index in [0.717, 1.165) is 25.5 Å². The molecule has 2 heterocycles. The highest BCUT2D eigenvalue weighted by atomic mass is 19.1. The van der Waals surface area contributed by atoms with Gasteiger partial charge in [0.05, 0.1) is 11.8 Å². The maximum atomic E-state index is 13.6. The first kappa shape index (κ1) is 19.8. The molecule has 1 atom stereocenters. The SMILES string of the molecule is CC[C@H](CCCCC(=O)c1ccncc1F)c1nc(-c2ccc(F)cc2)no1. The molecule has 146 valence electrons. The van der Waals surface area contributed by atoms with Crippen LogP contribution in [-0.4, -0.2) is 20.9 Å². The van der Waals surface area contributed by atoms with E-state index in [1.54, 1.807) is 12.1 Å². The predicted molar refractivity (Wildman–Crippen MR) is 99.7 cm³/mol. The molecule has 0 bridgehead atoms. The Morgan fingerprint density at radius 2 is 1.93 bits per heavy atom. The number of aromatic nitrogens is 3. The second-order valence-electron chi connectivity index (χ2n) is 6.59. The molecule has 2 aromatic heterocycles. The van der Waals surface area contributed by atoms with Gasteiger partial charge in [0.2, 0.25) is 11.7 Å². The number of ketones is 1. The molecule has 0 fully saturated rings. The fourth-order valence-corrected chi connectivity index (χ4v) is 3.03. The summed E-state index contributed by atoms with van der Waals surface area (Å²) in [6.45, 7) is 2.03. The molecule has 0 aliphatic heterocycles. The van der Waals surface area contributed by atoms with Crippen molar-refractivity contribution in [2.24, 2.45) is 0 Å². The quantitative estimate of drug-likeness (QED) is 0.367. The number of pyridine rings is 1. The third-order valence-corrected chi connectivity index (χ3v) is 4.67. The molecule has 0 saturated heterocycles. The molecule has 0 spiro atoms. The number of halogens is 2. The van der Waals surface area contributed by atoms with Crippen molar-refractivity contribution in [3.05, 3.63) is 65.8 Å². The highest BCUT2D eigenvalue weighted by molar-refractivity contribution is 5.96. The number of nitrogens with zero attached hydrogens (tertiary/aromatic N) is 3. The van der Waals surface area contributed by atoms with E-state index in [1.165, 1.54) is 24.4 Å². The Morgan fingerprint density at radius 3 is 2.64 bits per heavy atom. The minimum absolute atomic E-state index is 0.0782. The molecule has 0 N–H and O–H groups in total. The lowest BCUT2D eigenvalue weighted by atomic mass is 9.97. The van der Waals surface area contributed by atoms with E-state index in [-0.39, 0.29) is 29.5 Å². The van der Waals surface area contributed by atoms with Crippen LogP contribution in [0.4, 0.5) is 8.78 Å². The van der Waals surface area contributed by atoms with Crippen LogP contribution in [0.25, 0.3) is 11.4 Å². The number of rotatable bonds is 9. The highest BCUT2D eigenvalue weighted by Crippen LogP contribution is 2.27. The van der Waals surface area contributed by atoms with Crippen LogP contribution in [0.2, 0.25) is 0 Å². The molecule has 0 unspecified atom stereocenters. The van der Waals surface area contributed by atoms with Gasteiger partial charge in [-0.25, -0.2) is 8.78 Å². The van der Waals surface area contributed by atoms with Gasteiger partial charge in [0.25, 0.3) is 0 Å². The Hall–Kier alpha value is -2.96. The van der Waals surface area contributed by atoms with Crippen LogP contribution < -0.4 is 0 Å². The van der Waals surface area contributed by atoms with Crippen molar-refractivity contribution < 1.29 is 18.1 Å². The molecule has 1 aromatic carbocycles. The van der Waals surface area contributed by atoms with Crippen molar-refractivity contribution in [3.63, 3.8) is 0 Å². The normalized spacial score (nSPS) is 12.1. The van der Waals surface area contributed by atoms with Crippen LogP contribution in [0.3, 0.4) is 0 Å². The zero-order valence-corrected chi connectivity index (χ0v) is 15.6. The van der Waals surface area contributed by atoms with Gasteiger partial charge in [-0.1, -0.05) is 18.5 Å². The summed E-state index contributed by atoms with van der Waals surface area (Å²) in [4.78, 5) is 20.2. The Bertz CT molecular complexity index is 925. The number of carbonyl (C=O) groups is 1. The number of unbranched alkanes of at least 4 members (excludes halogenated alkanes) is 1. The van der Waals surface area contributed by atoms with Crippen molar-refractivity contribution in [1.29, 1.82) is 0 Å². The standard InChI is InChI=1S/C21H21F2N3O2/c1-2-14(5-3-4-6-19(27)17-11-12-24-13-18(17)23)21-25-20(26-28-21)15-7-9-16(22)10-8-15/h7-14H,2-6H2,1H3/t14-/m1/s1. The van der Waals surface area contributed by atoms with Crippen molar-refractivity contribution >= 4 is 5.78 Å². The molecule has 3 aromatic rings. The maximum Gasteiger partial charge on any atom is 0.230 e. The van der Waals surface area contributed by atoms with Crippen LogP contribution in [-0.2, 0) is 0 Å². The van der Waals surface area contributed by atoms with Gasteiger partial charge < -0.3 is 4.52 Å². The topological polar surface area (TPSA) is 68.9 Å². The lowest BCUT2D eigenvalue weighted by Gasteiger charge is -2.09. The van der Waals surface area contributed by atoms with E-state index in [1.807, 2.05) is 6.92 Å². The largest absolute Gasteiger partial charge is 0.339 e. The van der Waals surface area contributed by atoms with Gasteiger partial charge in [0.15, 0.2) is 11.6 Å². The van der Waals surface area contributed by atoms with E-state index in [4.69, 9.17) is 4.52 Å². The van der Waals surface area contributed by atoms with Gasteiger partial charge >= 0.3 is 0 Å². The van der Waals surface area contributed by atoms with E-state index in [0.29, 0.717) is 23.7 Å². The zero-order chi connectivity index (χ0) is 19.9. The van der Waals surface area contributed by atoms with Gasteiger partial charge in [-0.15, -0.1) is 0 Å². The van der Waals surface area contributed by atoms with Gasteiger partial charge in [-0.05, 0) is 49.6 Å². The Labute approximate surface area is 161 Å². The second-order valence-corrected chi connectivity index (χ2v) is 6.59. The molecule has 0 aliphatic rings. The number of hydrogen-bond donors (Lipinski definition) is 0. The fraction of sp³-hybridized carbons (Fsp3) is 0.333. The predicted octanol–water partition coefficient (Wildman–Crippen LogP) is 5.35. The minimum Gasteiger partial charge on any atom is -0.339 e. The van der Waals surface area contributed by atoms with Crippen LogP contribution in [0.15, 0.2) is 47.2 Å². The third kappa shape index (κ3) is 4.85. The molecule has 5 nitrogen and oxygen atoms in total. The van der Waals surface area contributed by atoms with Crippen LogP contribution in [0.5, 0.6) is 0 Å². The molecule has 0 aliphatic carbocycles. The van der Waals surface area contributed by atoms with E-state index >= 15 is 0 Å². The lowest BCUT2D eigenvalue weighted by molar-refractivity contribution is 0.0974. The van der Waals surface area contributed by atoms with Crippen molar-refractivity contribution in [2.75, 3.05) is 0 Å². The Morgan fingerprint density at radius 1 is 1.14 bits per heavy atom. The summed E-state index contributed by atoms with van der Waals surface area (Å²) in [5, 5.41) is 3.98. The molecule has 28 heavy (non-hydrogen) atoms. The van der Waals surface area contributed by atoms with Crippen LogP contribution >= 0.6 is 0 Å². The average Bonchev–Trinajstić information content (AvgIpc) is 3.18. The molecular weight excluding hydrogens is 364 g/mol. The van der Waals surface area contributed by atoms with Gasteiger partial charge in [0.1, 0.15) is 5.82 Å². The summed E-state index contributed by atoms with van der Waals surface area (Å²) in [7, 11) is 0. The number of carbonyl (C=O) groups excluding carboxylic acids is 1. The van der Waals surface area contributed by atoms with Crippen molar-refractivity contribution in [1.82, 2.24) is 15.1 Å². The van der Waals surface area contributed by atoms with Crippen molar-refractivity contribution in [2.45, 2.75) is 44.9 Å². The Kier molecular flexibility index (Phi) is 6.57. The highest BCUT2D eigenvalue weighted by Gasteiger charge is 2.18. The zero-order valence-electron chi connectivity index (χ0n) is 15.6. The van der Waals surface area contributed by atoms with E-state index < -0.39 is 5.82 Å². The fourth-order valence-electron chi connectivity index (χ4n) is 3.03. The average molecular weight is 385 g/mol. The van der Waals surface area contributed by atoms with Crippen LogP contribution in [0, 0.1) is 11.6 Å². The third-order valence-electron chi connectivity index (χ3n) is 4.67. The first-order valence-corrected chi connectivity index (χ1v) is 9.30. The molecule has 3 rings (SSSR count). The summed E-state index contributed by atoms with van der Waals surface area (Å²) in [6, 6.07) is 7.32. The first-order chi connectivity index (χ1) is 13.6. The minimum atomic E-state index is -0.585. The molecule has 7 heteroatoms. The maximum absolute atomic E-state index is 13.6. The van der Waals surface area contributed by atoms with E-state index in [2.05, 4.69) is 15.1 Å². The summed E-state index contributed by atoms with van der Waals surface area (Å²) in [5.74, 6) is -0.0814. The number of benzene rings is 1. The smallest absolute Gasteiger partial charge is 0.230 e. The monoisotopic (exact) mass is 385 g/mol. The van der Waals surface area contributed by atoms with Crippen molar-refractivity contribution in [3.8, 4) is 11.4 Å². The summed E-state index contributed by atoms with van der Waals surface area (Å²) in [6.07, 6.45) is 5.78. The van der Waals surface area contributed by atoms with E-state index in [9.17, 15) is 13.6 Å². The Balaban J connectivity index is 1.53. The van der Waals surface area contributed by atoms with Gasteiger partial charge in [-0.3, -0.25) is 9.78 Å². The molecule has 0 saturated carbocycles. The molecular formula is C21H21F2N3O2.